The van der Waals surface area contributed by atoms with E-state index in [1.54, 1.807) is 4.98 Å². The summed E-state index contributed by atoms with van der Waals surface area (Å²) in [5, 5.41) is 0. The summed E-state index contributed by atoms with van der Waals surface area (Å²) in [7, 11) is 0. The molecule has 0 bridgehead atoms. The lowest BCUT2D eigenvalue weighted by atomic mass is 10.0. The van der Waals surface area contributed by atoms with E-state index in [0.29, 0.717) is 12.1 Å². The first-order chi connectivity index (χ1) is 8.82. The van der Waals surface area contributed by atoms with Crippen LogP contribution in [0.2, 0.25) is 0 Å². The fraction of sp³-hybridized carbons (Fsp3) is 0. The Bertz CT molecular complexity index is 695. The Morgan fingerprint density at radius 2 is 1.21 bits per heavy atom. The van der Waals surface area contributed by atoms with Gasteiger partial charge < -0.3 is 0 Å². The standard InChI is InChI=1S/C11H3F6NO/c12-4-1-3(2-5(19)18-4)6-7(13)9(15)11(17)10(16)8(6)14/h1-2H,(H,18,19). The Morgan fingerprint density at radius 3 is 1.68 bits per heavy atom. The van der Waals surface area contributed by atoms with Crippen molar-refractivity contribution in [1.82, 2.24) is 4.98 Å². The molecule has 0 aliphatic heterocycles. The Hall–Kier alpha value is -2.25. The maximum atomic E-state index is 13.4. The highest BCUT2D eigenvalue weighted by atomic mass is 19.2. The van der Waals surface area contributed by atoms with Crippen LogP contribution in [0.25, 0.3) is 11.1 Å². The predicted octanol–water partition coefficient (Wildman–Crippen LogP) is 2.88. The summed E-state index contributed by atoms with van der Waals surface area (Å²) in [6, 6.07) is 0.959. The molecule has 0 aliphatic carbocycles. The smallest absolute Gasteiger partial charge is 0.250 e. The van der Waals surface area contributed by atoms with Crippen LogP contribution in [0.15, 0.2) is 16.9 Å². The van der Waals surface area contributed by atoms with Crippen molar-refractivity contribution in [2.24, 2.45) is 0 Å². The van der Waals surface area contributed by atoms with E-state index >= 15 is 0 Å². The number of aromatic nitrogens is 1. The molecule has 1 aromatic carbocycles. The van der Waals surface area contributed by atoms with Crippen molar-refractivity contribution in [2.75, 3.05) is 0 Å². The summed E-state index contributed by atoms with van der Waals surface area (Å²) in [5.74, 6) is -12.2. The molecule has 19 heavy (non-hydrogen) atoms. The second-order valence-electron chi connectivity index (χ2n) is 3.53. The van der Waals surface area contributed by atoms with E-state index in [-0.39, 0.29) is 0 Å². The average molecular weight is 279 g/mol. The maximum Gasteiger partial charge on any atom is 0.250 e. The molecule has 2 rings (SSSR count). The SMILES string of the molecule is O=c1cc(-c2c(F)c(F)c(F)c(F)c2F)cc(F)[nH]1. The maximum absolute atomic E-state index is 13.4. The van der Waals surface area contributed by atoms with Gasteiger partial charge >= 0.3 is 0 Å². The van der Waals surface area contributed by atoms with E-state index in [4.69, 9.17) is 0 Å². The highest BCUT2D eigenvalue weighted by molar-refractivity contribution is 5.64. The molecule has 2 nitrogen and oxygen atoms in total. The lowest BCUT2D eigenvalue weighted by Crippen LogP contribution is -2.09. The van der Waals surface area contributed by atoms with Gasteiger partial charge in [-0.1, -0.05) is 0 Å². The van der Waals surface area contributed by atoms with E-state index in [0.717, 1.165) is 0 Å². The molecule has 0 saturated carbocycles. The Kier molecular flexibility index (Phi) is 3.09. The van der Waals surface area contributed by atoms with Gasteiger partial charge in [-0.25, -0.2) is 22.0 Å². The Morgan fingerprint density at radius 1 is 0.737 bits per heavy atom. The van der Waals surface area contributed by atoms with Gasteiger partial charge in [0.25, 0.3) is 5.56 Å². The number of aromatic amines is 1. The third-order valence-electron chi connectivity index (χ3n) is 2.31. The molecule has 0 radical (unpaired) electrons. The minimum absolute atomic E-state index is 0.444. The molecule has 0 aliphatic rings. The summed E-state index contributed by atoms with van der Waals surface area (Å²) in [5.41, 5.74) is -3.20. The first kappa shape index (κ1) is 13.2. The van der Waals surface area contributed by atoms with Crippen LogP contribution in [0.3, 0.4) is 0 Å². The minimum Gasteiger partial charge on any atom is -0.299 e. The molecule has 0 amide bonds. The summed E-state index contributed by atoms with van der Waals surface area (Å²) in [4.78, 5) is 12.6. The highest BCUT2D eigenvalue weighted by Crippen LogP contribution is 2.30. The Balaban J connectivity index is 2.86. The lowest BCUT2D eigenvalue weighted by molar-refractivity contribution is 0.381. The molecular formula is C11H3F6NO. The van der Waals surface area contributed by atoms with Crippen LogP contribution in [0.1, 0.15) is 0 Å². The van der Waals surface area contributed by atoms with Crippen LogP contribution >= 0.6 is 0 Å². The van der Waals surface area contributed by atoms with Crippen LogP contribution in [0.4, 0.5) is 26.3 Å². The van der Waals surface area contributed by atoms with Gasteiger partial charge in [-0.3, -0.25) is 9.78 Å². The molecule has 1 N–H and O–H groups in total. The van der Waals surface area contributed by atoms with Crippen molar-refractivity contribution < 1.29 is 26.3 Å². The van der Waals surface area contributed by atoms with E-state index in [1.165, 1.54) is 0 Å². The zero-order valence-electron chi connectivity index (χ0n) is 8.83. The van der Waals surface area contributed by atoms with E-state index < -0.39 is 51.7 Å². The number of H-pyrrole nitrogens is 1. The molecule has 2 aromatic rings. The molecule has 8 heteroatoms. The van der Waals surface area contributed by atoms with Crippen molar-refractivity contribution in [3.05, 3.63) is 57.5 Å². The molecule has 1 heterocycles. The largest absolute Gasteiger partial charge is 0.299 e. The van der Waals surface area contributed by atoms with Crippen molar-refractivity contribution in [2.45, 2.75) is 0 Å². The second kappa shape index (κ2) is 4.45. The van der Waals surface area contributed by atoms with Gasteiger partial charge in [0.2, 0.25) is 5.82 Å². The summed E-state index contributed by atoms with van der Waals surface area (Å²) < 4.78 is 78.4. The number of benzene rings is 1. The van der Waals surface area contributed by atoms with Gasteiger partial charge in [0, 0.05) is 6.07 Å². The van der Waals surface area contributed by atoms with Gasteiger partial charge in [0.15, 0.2) is 29.2 Å². The van der Waals surface area contributed by atoms with Gasteiger partial charge in [-0.05, 0) is 11.6 Å². The third-order valence-corrected chi connectivity index (χ3v) is 2.31. The van der Waals surface area contributed by atoms with Gasteiger partial charge in [-0.15, -0.1) is 0 Å². The average Bonchev–Trinajstić information content (AvgIpc) is 2.33. The van der Waals surface area contributed by atoms with E-state index in [9.17, 15) is 31.1 Å². The van der Waals surface area contributed by atoms with Gasteiger partial charge in [-0.2, -0.15) is 4.39 Å². The molecule has 0 fully saturated rings. The second-order valence-corrected chi connectivity index (χ2v) is 3.53. The number of pyridine rings is 1. The summed E-state index contributed by atoms with van der Waals surface area (Å²) in [6.07, 6.45) is 0. The summed E-state index contributed by atoms with van der Waals surface area (Å²) in [6.45, 7) is 0. The zero-order chi connectivity index (χ0) is 14.3. The van der Waals surface area contributed by atoms with Crippen LogP contribution in [0, 0.1) is 35.0 Å². The normalized spacial score (nSPS) is 10.8. The van der Waals surface area contributed by atoms with E-state index in [2.05, 4.69) is 0 Å². The number of nitrogens with one attached hydrogen (secondary N) is 1. The number of hydrogen-bond donors (Lipinski definition) is 1. The molecule has 0 unspecified atom stereocenters. The molecular weight excluding hydrogens is 276 g/mol. The molecule has 100 valence electrons. The number of hydrogen-bond acceptors (Lipinski definition) is 1. The van der Waals surface area contributed by atoms with Gasteiger partial charge in [0.1, 0.15) is 0 Å². The van der Waals surface area contributed by atoms with Gasteiger partial charge in [0.05, 0.1) is 5.56 Å². The van der Waals surface area contributed by atoms with Crippen molar-refractivity contribution in [3.63, 3.8) is 0 Å². The molecule has 0 saturated heterocycles. The van der Waals surface area contributed by atoms with Crippen molar-refractivity contribution in [3.8, 4) is 11.1 Å². The molecule has 0 spiro atoms. The highest BCUT2D eigenvalue weighted by Gasteiger charge is 2.26. The fourth-order valence-electron chi connectivity index (χ4n) is 1.51. The first-order valence-corrected chi connectivity index (χ1v) is 4.74. The zero-order valence-corrected chi connectivity index (χ0v) is 8.83. The van der Waals surface area contributed by atoms with Crippen molar-refractivity contribution in [1.29, 1.82) is 0 Å². The van der Waals surface area contributed by atoms with Crippen LogP contribution < -0.4 is 5.56 Å². The topological polar surface area (TPSA) is 32.9 Å². The number of halogens is 6. The predicted molar refractivity (Wildman–Crippen MR) is 52.2 cm³/mol. The van der Waals surface area contributed by atoms with Crippen molar-refractivity contribution >= 4 is 0 Å². The minimum atomic E-state index is -2.33. The first-order valence-electron chi connectivity index (χ1n) is 4.74. The number of rotatable bonds is 1. The Labute approximate surface area is 101 Å². The summed E-state index contributed by atoms with van der Waals surface area (Å²) >= 11 is 0. The monoisotopic (exact) mass is 279 g/mol. The molecule has 1 aromatic heterocycles. The van der Waals surface area contributed by atoms with E-state index in [1.807, 2.05) is 0 Å². The van der Waals surface area contributed by atoms with Crippen LogP contribution in [-0.4, -0.2) is 4.98 Å². The molecule has 0 atom stereocenters. The fourth-order valence-corrected chi connectivity index (χ4v) is 1.51. The third kappa shape index (κ3) is 2.09. The quantitative estimate of drug-likeness (QED) is 0.370. The van der Waals surface area contributed by atoms with Crippen LogP contribution in [0.5, 0.6) is 0 Å². The van der Waals surface area contributed by atoms with Crippen LogP contribution in [-0.2, 0) is 0 Å². The lowest BCUT2D eigenvalue weighted by Gasteiger charge is -2.08.